The quantitative estimate of drug-likeness (QED) is 0.698. The van der Waals surface area contributed by atoms with E-state index in [1.165, 1.54) is 29.8 Å². The number of rotatable bonds is 5. The van der Waals surface area contributed by atoms with E-state index in [1.54, 1.807) is 0 Å². The van der Waals surface area contributed by atoms with Gasteiger partial charge >= 0.3 is 6.09 Å². The zero-order chi connectivity index (χ0) is 21.2. The Kier molecular flexibility index (Phi) is 5.86. The van der Waals surface area contributed by atoms with Crippen LogP contribution in [-0.2, 0) is 11.3 Å². The topological polar surface area (TPSA) is 36.0 Å². The lowest BCUT2D eigenvalue weighted by molar-refractivity contribution is 0.0694. The minimum atomic E-state index is -0.182. The molecule has 3 aliphatic rings. The van der Waals surface area contributed by atoms with Crippen LogP contribution in [0.15, 0.2) is 48.5 Å². The van der Waals surface area contributed by atoms with Gasteiger partial charge in [-0.1, -0.05) is 43.3 Å². The fourth-order valence-corrected chi connectivity index (χ4v) is 5.53. The van der Waals surface area contributed by atoms with Crippen LogP contribution in [0, 0.1) is 0 Å². The summed E-state index contributed by atoms with van der Waals surface area (Å²) in [5, 5.41) is 0. The predicted octanol–water partition coefficient (Wildman–Crippen LogP) is 4.79. The van der Waals surface area contributed by atoms with Crippen molar-refractivity contribution in [3.05, 3.63) is 65.2 Å². The van der Waals surface area contributed by atoms with E-state index >= 15 is 0 Å². The molecule has 2 fully saturated rings. The van der Waals surface area contributed by atoms with Gasteiger partial charge in [-0.2, -0.15) is 0 Å². The summed E-state index contributed by atoms with van der Waals surface area (Å²) in [6, 6.07) is 17.1. The van der Waals surface area contributed by atoms with E-state index in [0.717, 1.165) is 51.1 Å². The van der Waals surface area contributed by atoms with Crippen molar-refractivity contribution in [2.75, 3.05) is 44.2 Å². The summed E-state index contributed by atoms with van der Waals surface area (Å²) in [6.45, 7) is 8.99. The highest BCUT2D eigenvalue weighted by molar-refractivity contribution is 5.70. The maximum absolute atomic E-state index is 12.9. The lowest BCUT2D eigenvalue weighted by atomic mass is 9.96. The van der Waals surface area contributed by atoms with Crippen LogP contribution in [0.1, 0.15) is 54.8 Å². The maximum Gasteiger partial charge on any atom is 0.410 e. The summed E-state index contributed by atoms with van der Waals surface area (Å²) < 4.78 is 5.69. The van der Waals surface area contributed by atoms with Gasteiger partial charge in [-0.15, -0.1) is 0 Å². The Morgan fingerprint density at radius 1 is 1.00 bits per heavy atom. The van der Waals surface area contributed by atoms with Gasteiger partial charge in [0.25, 0.3) is 0 Å². The number of fused-ring (bicyclic) bond motifs is 5. The third-order valence-electron chi connectivity index (χ3n) is 7.19. The van der Waals surface area contributed by atoms with Crippen molar-refractivity contribution < 1.29 is 9.53 Å². The van der Waals surface area contributed by atoms with Crippen molar-refractivity contribution >= 4 is 11.8 Å². The summed E-state index contributed by atoms with van der Waals surface area (Å²) >= 11 is 0. The van der Waals surface area contributed by atoms with Crippen molar-refractivity contribution in [2.45, 2.75) is 44.8 Å². The molecule has 0 spiro atoms. The number of carbonyl (C=O) groups is 1. The summed E-state index contributed by atoms with van der Waals surface area (Å²) in [5.41, 5.74) is 5.12. The van der Waals surface area contributed by atoms with Crippen molar-refractivity contribution in [1.29, 1.82) is 0 Å². The van der Waals surface area contributed by atoms with Gasteiger partial charge in [-0.05, 0) is 60.5 Å². The molecule has 5 heteroatoms. The maximum atomic E-state index is 12.9. The summed E-state index contributed by atoms with van der Waals surface area (Å²) in [5.74, 6) is 0.577. The third kappa shape index (κ3) is 4.16. The molecule has 5 nitrogen and oxygen atoms in total. The first-order valence-corrected chi connectivity index (χ1v) is 11.8. The second-order valence-electron chi connectivity index (χ2n) is 9.11. The number of benzene rings is 2. The molecule has 1 amide bonds. The fraction of sp³-hybridized carbons (Fsp3) is 0.500. The number of anilines is 1. The second kappa shape index (κ2) is 8.91. The lowest BCUT2D eigenvalue weighted by Crippen LogP contribution is -2.46. The third-order valence-corrected chi connectivity index (χ3v) is 7.19. The van der Waals surface area contributed by atoms with E-state index in [0.29, 0.717) is 12.5 Å². The number of hydrogen-bond acceptors (Lipinski definition) is 4. The van der Waals surface area contributed by atoms with Crippen molar-refractivity contribution in [1.82, 2.24) is 9.80 Å². The standard InChI is InChI=1S/C26H33N3O2/c1-2-11-27-13-15-28(16-14-27)22-8-9-23-21-10-12-29(25(17-21)24(23)18-22)26(30)31-19-20-6-4-3-5-7-20/h3-9,18,21,25H,2,10-17,19H2,1H3/t21-,25+/m1/s1. The number of piperidine rings is 1. The molecule has 0 unspecified atom stereocenters. The average Bonchev–Trinajstić information content (AvgIpc) is 3.10. The van der Waals surface area contributed by atoms with E-state index in [2.05, 4.69) is 34.9 Å². The van der Waals surface area contributed by atoms with Crippen molar-refractivity contribution in [3.63, 3.8) is 0 Å². The van der Waals surface area contributed by atoms with Crippen LogP contribution in [0.4, 0.5) is 10.5 Å². The largest absolute Gasteiger partial charge is 0.445 e. The van der Waals surface area contributed by atoms with Gasteiger partial charge in [0.05, 0.1) is 6.04 Å². The smallest absolute Gasteiger partial charge is 0.410 e. The fourth-order valence-electron chi connectivity index (χ4n) is 5.53. The highest BCUT2D eigenvalue weighted by Gasteiger charge is 2.41. The minimum Gasteiger partial charge on any atom is -0.445 e. The molecule has 2 saturated heterocycles. The summed E-state index contributed by atoms with van der Waals surface area (Å²) in [4.78, 5) is 20.0. The van der Waals surface area contributed by atoms with E-state index in [1.807, 2.05) is 35.2 Å². The van der Waals surface area contributed by atoms with Gasteiger partial charge in [0.2, 0.25) is 0 Å². The molecular weight excluding hydrogens is 386 g/mol. The molecule has 0 radical (unpaired) electrons. The van der Waals surface area contributed by atoms with Gasteiger partial charge < -0.3 is 14.5 Å². The average molecular weight is 420 g/mol. The van der Waals surface area contributed by atoms with Crippen LogP contribution >= 0.6 is 0 Å². The normalized spacial score (nSPS) is 23.0. The SMILES string of the molecule is CCCN1CCN(c2ccc3c(c2)[C@@H]2C[C@H]3CCN2C(=O)OCc2ccccc2)CC1. The summed E-state index contributed by atoms with van der Waals surface area (Å²) in [6.07, 6.45) is 3.10. The monoisotopic (exact) mass is 419 g/mol. The molecule has 2 bridgehead atoms. The highest BCUT2D eigenvalue weighted by Crippen LogP contribution is 2.50. The number of piperazine rings is 1. The molecule has 0 saturated carbocycles. The molecule has 5 rings (SSSR count). The molecule has 2 atom stereocenters. The van der Waals surface area contributed by atoms with Gasteiger partial charge in [-0.3, -0.25) is 4.90 Å². The second-order valence-corrected chi connectivity index (χ2v) is 9.11. The zero-order valence-electron chi connectivity index (χ0n) is 18.5. The Morgan fingerprint density at radius 3 is 2.58 bits per heavy atom. The van der Waals surface area contributed by atoms with E-state index in [4.69, 9.17) is 4.74 Å². The Bertz CT molecular complexity index is 908. The zero-order valence-corrected chi connectivity index (χ0v) is 18.5. The number of likely N-dealkylation sites (tertiary alicyclic amines) is 1. The molecule has 0 aromatic heterocycles. The first-order valence-electron chi connectivity index (χ1n) is 11.8. The van der Waals surface area contributed by atoms with Gasteiger partial charge in [-0.25, -0.2) is 4.79 Å². The van der Waals surface area contributed by atoms with Crippen LogP contribution in [-0.4, -0.2) is 55.2 Å². The van der Waals surface area contributed by atoms with E-state index in [-0.39, 0.29) is 12.1 Å². The number of hydrogen-bond donors (Lipinski definition) is 0. The molecule has 2 aromatic carbocycles. The number of ether oxygens (including phenoxy) is 1. The van der Waals surface area contributed by atoms with Crippen LogP contribution in [0.3, 0.4) is 0 Å². The highest BCUT2D eigenvalue weighted by atomic mass is 16.6. The predicted molar refractivity (Wildman–Crippen MR) is 123 cm³/mol. The van der Waals surface area contributed by atoms with Gasteiger partial charge in [0.1, 0.15) is 6.61 Å². The minimum absolute atomic E-state index is 0.151. The molecule has 1 aliphatic carbocycles. The molecular formula is C26H33N3O2. The van der Waals surface area contributed by atoms with Crippen LogP contribution in [0.25, 0.3) is 0 Å². The van der Waals surface area contributed by atoms with Gasteiger partial charge in [0, 0.05) is 38.4 Å². The molecule has 31 heavy (non-hydrogen) atoms. The Labute approximate surface area is 185 Å². The van der Waals surface area contributed by atoms with E-state index < -0.39 is 0 Å². The summed E-state index contributed by atoms with van der Waals surface area (Å²) in [7, 11) is 0. The Hall–Kier alpha value is -2.53. The molecule has 0 N–H and O–H groups in total. The Balaban J connectivity index is 1.28. The van der Waals surface area contributed by atoms with Crippen LogP contribution in [0.5, 0.6) is 0 Å². The van der Waals surface area contributed by atoms with Crippen LogP contribution < -0.4 is 4.90 Å². The number of carbonyl (C=O) groups excluding carboxylic acids is 1. The van der Waals surface area contributed by atoms with E-state index in [9.17, 15) is 4.79 Å². The lowest BCUT2D eigenvalue weighted by Gasteiger charge is -2.36. The molecule has 164 valence electrons. The van der Waals surface area contributed by atoms with Crippen molar-refractivity contribution in [3.8, 4) is 0 Å². The molecule has 2 aliphatic heterocycles. The Morgan fingerprint density at radius 2 is 1.81 bits per heavy atom. The molecule has 2 heterocycles. The number of nitrogens with zero attached hydrogens (tertiary/aromatic N) is 3. The van der Waals surface area contributed by atoms with Gasteiger partial charge in [0.15, 0.2) is 0 Å². The molecule has 2 aromatic rings. The van der Waals surface area contributed by atoms with Crippen molar-refractivity contribution in [2.24, 2.45) is 0 Å². The van der Waals surface area contributed by atoms with Crippen LogP contribution in [0.2, 0.25) is 0 Å². The first kappa shape index (κ1) is 20.4. The number of amides is 1. The first-order chi connectivity index (χ1) is 15.2.